The van der Waals surface area contributed by atoms with Crippen LogP contribution in [0.25, 0.3) is 0 Å². The van der Waals surface area contributed by atoms with E-state index in [1.807, 2.05) is 0 Å². The van der Waals surface area contributed by atoms with Gasteiger partial charge in [0.2, 0.25) is 0 Å². The fourth-order valence-corrected chi connectivity index (χ4v) is 2.17. The predicted octanol–water partition coefficient (Wildman–Crippen LogP) is 1.16. The summed E-state index contributed by atoms with van der Waals surface area (Å²) in [6.07, 6.45) is 3.84. The molecular weight excluding hydrogens is 220 g/mol. The highest BCUT2D eigenvalue weighted by Crippen LogP contribution is 2.23. The summed E-state index contributed by atoms with van der Waals surface area (Å²) >= 11 is 0. The lowest BCUT2D eigenvalue weighted by Crippen LogP contribution is -2.38. The van der Waals surface area contributed by atoms with Crippen LogP contribution < -0.4 is 10.6 Å². The van der Waals surface area contributed by atoms with Gasteiger partial charge in [0.25, 0.3) is 0 Å². The maximum Gasteiger partial charge on any atom is 0.363 e. The van der Waals surface area contributed by atoms with Crippen LogP contribution in [0.2, 0.25) is 0 Å². The number of hydrogen-bond acceptors (Lipinski definition) is 5. The second-order valence-corrected chi connectivity index (χ2v) is 4.32. The Hall–Kier alpha value is -1.69. The zero-order valence-corrected chi connectivity index (χ0v) is 9.58. The van der Waals surface area contributed by atoms with Crippen molar-refractivity contribution in [2.45, 2.75) is 12.8 Å². The van der Waals surface area contributed by atoms with Crippen molar-refractivity contribution in [1.29, 1.82) is 0 Å². The Kier molecular flexibility index (Phi) is 3.53. The van der Waals surface area contributed by atoms with Gasteiger partial charge in [0.1, 0.15) is 0 Å². The second-order valence-electron chi connectivity index (χ2n) is 4.32. The van der Waals surface area contributed by atoms with E-state index in [9.17, 15) is 10.1 Å². The Balaban J connectivity index is 2.08. The standard InChI is InChI=1S/C11H16N4O2/c12-6-9-2-1-5-14(8-9)10-3-4-11(13-7-10)15(16)17/h3-4,7,9H,1-2,5-6,8,12H2. The molecule has 1 aromatic heterocycles. The number of nitro groups is 1. The molecule has 1 atom stereocenters. The van der Waals surface area contributed by atoms with E-state index in [0.29, 0.717) is 12.5 Å². The molecule has 0 aromatic carbocycles. The summed E-state index contributed by atoms with van der Waals surface area (Å²) in [7, 11) is 0. The molecule has 1 saturated heterocycles. The van der Waals surface area contributed by atoms with Crippen LogP contribution >= 0.6 is 0 Å². The zero-order valence-electron chi connectivity index (χ0n) is 9.58. The zero-order chi connectivity index (χ0) is 12.3. The van der Waals surface area contributed by atoms with E-state index < -0.39 is 4.92 Å². The monoisotopic (exact) mass is 236 g/mol. The number of nitrogens with two attached hydrogens (primary N) is 1. The van der Waals surface area contributed by atoms with E-state index in [0.717, 1.165) is 31.6 Å². The van der Waals surface area contributed by atoms with Gasteiger partial charge < -0.3 is 20.7 Å². The van der Waals surface area contributed by atoms with Crippen molar-refractivity contribution in [3.63, 3.8) is 0 Å². The first-order chi connectivity index (χ1) is 8.20. The van der Waals surface area contributed by atoms with Gasteiger partial charge in [-0.1, -0.05) is 0 Å². The lowest BCUT2D eigenvalue weighted by Gasteiger charge is -2.33. The number of rotatable bonds is 3. The van der Waals surface area contributed by atoms with Gasteiger partial charge in [-0.15, -0.1) is 0 Å². The minimum atomic E-state index is -0.483. The van der Waals surface area contributed by atoms with E-state index >= 15 is 0 Å². The minimum absolute atomic E-state index is 0.110. The largest absolute Gasteiger partial charge is 0.368 e. The van der Waals surface area contributed by atoms with Crippen molar-refractivity contribution in [2.75, 3.05) is 24.5 Å². The van der Waals surface area contributed by atoms with Crippen molar-refractivity contribution in [3.05, 3.63) is 28.4 Å². The number of piperidine rings is 1. The maximum atomic E-state index is 10.5. The van der Waals surface area contributed by atoms with Crippen molar-refractivity contribution in [3.8, 4) is 0 Å². The average Bonchev–Trinajstić information content (AvgIpc) is 2.39. The van der Waals surface area contributed by atoms with Gasteiger partial charge in [0, 0.05) is 19.2 Å². The highest BCUT2D eigenvalue weighted by atomic mass is 16.6. The van der Waals surface area contributed by atoms with Crippen LogP contribution in [-0.2, 0) is 0 Å². The Morgan fingerprint density at radius 1 is 1.59 bits per heavy atom. The molecule has 1 aliphatic rings. The molecule has 1 unspecified atom stereocenters. The number of aromatic nitrogens is 1. The number of hydrogen-bond donors (Lipinski definition) is 1. The second kappa shape index (κ2) is 5.09. The van der Waals surface area contributed by atoms with Crippen LogP contribution in [0.3, 0.4) is 0 Å². The molecule has 0 aliphatic carbocycles. The molecular formula is C11H16N4O2. The first kappa shape index (κ1) is 11.8. The highest BCUT2D eigenvalue weighted by Gasteiger charge is 2.20. The van der Waals surface area contributed by atoms with E-state index in [1.54, 1.807) is 12.3 Å². The number of nitrogens with zero attached hydrogens (tertiary/aromatic N) is 3. The molecule has 0 radical (unpaired) electrons. The van der Waals surface area contributed by atoms with Crippen LogP contribution in [-0.4, -0.2) is 29.5 Å². The van der Waals surface area contributed by atoms with E-state index in [1.165, 1.54) is 6.07 Å². The Bertz CT molecular complexity index is 393. The molecule has 1 fully saturated rings. The lowest BCUT2D eigenvalue weighted by molar-refractivity contribution is -0.389. The molecule has 6 nitrogen and oxygen atoms in total. The molecule has 0 saturated carbocycles. The van der Waals surface area contributed by atoms with Gasteiger partial charge in [-0.2, -0.15) is 0 Å². The molecule has 1 aromatic rings. The third kappa shape index (κ3) is 2.71. The molecule has 6 heteroatoms. The summed E-state index contributed by atoms with van der Waals surface area (Å²) in [6.45, 7) is 2.57. The van der Waals surface area contributed by atoms with E-state index in [-0.39, 0.29) is 5.82 Å². The molecule has 2 N–H and O–H groups in total. The first-order valence-electron chi connectivity index (χ1n) is 5.76. The lowest BCUT2D eigenvalue weighted by atomic mass is 9.98. The molecule has 17 heavy (non-hydrogen) atoms. The third-order valence-electron chi connectivity index (χ3n) is 3.14. The molecule has 0 spiro atoms. The topological polar surface area (TPSA) is 85.3 Å². The van der Waals surface area contributed by atoms with Crippen molar-refractivity contribution in [2.24, 2.45) is 11.7 Å². The quantitative estimate of drug-likeness (QED) is 0.628. The van der Waals surface area contributed by atoms with E-state index in [2.05, 4.69) is 9.88 Å². The Morgan fingerprint density at radius 2 is 2.41 bits per heavy atom. The normalized spacial score (nSPS) is 20.3. The van der Waals surface area contributed by atoms with Gasteiger partial charge in [-0.25, -0.2) is 0 Å². The van der Waals surface area contributed by atoms with Crippen LogP contribution in [0.4, 0.5) is 11.5 Å². The molecule has 0 amide bonds. The molecule has 2 heterocycles. The van der Waals surface area contributed by atoms with Crippen molar-refractivity contribution in [1.82, 2.24) is 4.98 Å². The molecule has 1 aliphatic heterocycles. The minimum Gasteiger partial charge on any atom is -0.368 e. The summed E-state index contributed by atoms with van der Waals surface area (Å²) in [4.78, 5) is 16.0. The summed E-state index contributed by atoms with van der Waals surface area (Å²) < 4.78 is 0. The van der Waals surface area contributed by atoms with Crippen molar-refractivity contribution < 1.29 is 4.92 Å². The molecule has 2 rings (SSSR count). The van der Waals surface area contributed by atoms with Gasteiger partial charge >= 0.3 is 5.82 Å². The van der Waals surface area contributed by atoms with Crippen LogP contribution in [0.5, 0.6) is 0 Å². The Labute approximate surface area is 99.6 Å². The van der Waals surface area contributed by atoms with Gasteiger partial charge in [-0.3, -0.25) is 0 Å². The summed E-state index contributed by atoms with van der Waals surface area (Å²) in [5.74, 6) is 0.403. The number of anilines is 1. The molecule has 92 valence electrons. The maximum absolute atomic E-state index is 10.5. The summed E-state index contributed by atoms with van der Waals surface area (Å²) in [5, 5.41) is 10.5. The van der Waals surface area contributed by atoms with E-state index in [4.69, 9.17) is 5.73 Å². The van der Waals surface area contributed by atoms with Gasteiger partial charge in [0.05, 0.1) is 5.69 Å². The molecule has 0 bridgehead atoms. The van der Waals surface area contributed by atoms with Crippen LogP contribution in [0.15, 0.2) is 18.3 Å². The predicted molar refractivity (Wildman–Crippen MR) is 64.9 cm³/mol. The average molecular weight is 236 g/mol. The fourth-order valence-electron chi connectivity index (χ4n) is 2.17. The smallest absolute Gasteiger partial charge is 0.363 e. The highest BCUT2D eigenvalue weighted by molar-refractivity contribution is 5.46. The number of pyridine rings is 1. The first-order valence-corrected chi connectivity index (χ1v) is 5.76. The van der Waals surface area contributed by atoms with Crippen LogP contribution in [0, 0.1) is 16.0 Å². The van der Waals surface area contributed by atoms with Gasteiger partial charge in [-0.05, 0) is 41.3 Å². The van der Waals surface area contributed by atoms with Gasteiger partial charge in [0.15, 0.2) is 6.20 Å². The summed E-state index contributed by atoms with van der Waals surface area (Å²) in [6, 6.07) is 3.20. The van der Waals surface area contributed by atoms with Crippen LogP contribution in [0.1, 0.15) is 12.8 Å². The fraction of sp³-hybridized carbons (Fsp3) is 0.545. The van der Waals surface area contributed by atoms with Crippen molar-refractivity contribution >= 4 is 11.5 Å². The Morgan fingerprint density at radius 3 is 3.00 bits per heavy atom. The summed E-state index contributed by atoms with van der Waals surface area (Å²) in [5.41, 5.74) is 6.61. The third-order valence-corrected chi connectivity index (χ3v) is 3.14. The SMILES string of the molecule is NCC1CCCN(c2ccc([N+](=O)[O-])nc2)C1.